The molecule has 172 valence electrons. The molecule has 2 unspecified atom stereocenters. The number of hydrogen-bond donors (Lipinski definition) is 3. The van der Waals surface area contributed by atoms with E-state index in [9.17, 15) is 14.4 Å². The number of aliphatic hydroxyl groups is 1. The van der Waals surface area contributed by atoms with Crippen LogP contribution < -0.4 is 5.32 Å². The molecule has 33 heavy (non-hydrogen) atoms. The van der Waals surface area contributed by atoms with E-state index in [1.54, 1.807) is 12.2 Å². The minimum absolute atomic E-state index is 0.0420. The number of aliphatic hydroxyl groups excluding tert-OH is 1. The van der Waals surface area contributed by atoms with Gasteiger partial charge in [0, 0.05) is 12.5 Å². The van der Waals surface area contributed by atoms with E-state index in [2.05, 4.69) is 17.4 Å². The molecule has 4 rings (SSSR count). The number of benzene rings is 2. The summed E-state index contributed by atoms with van der Waals surface area (Å²) in [7, 11) is 0. The summed E-state index contributed by atoms with van der Waals surface area (Å²) in [6, 6.07) is 15.8. The molecule has 0 aromatic heterocycles. The van der Waals surface area contributed by atoms with Crippen molar-refractivity contribution in [2.24, 2.45) is 5.92 Å². The molecule has 2 aliphatic carbocycles. The number of fused-ring (bicyclic) bond motifs is 3. The van der Waals surface area contributed by atoms with E-state index in [1.165, 1.54) is 0 Å². The molecule has 2 aromatic carbocycles. The van der Waals surface area contributed by atoms with Crippen LogP contribution in [0.4, 0.5) is 4.79 Å². The fourth-order valence-electron chi connectivity index (χ4n) is 4.57. The van der Waals surface area contributed by atoms with Crippen molar-refractivity contribution < 1.29 is 29.3 Å². The Morgan fingerprint density at radius 1 is 1.00 bits per heavy atom. The molecule has 2 atom stereocenters. The summed E-state index contributed by atoms with van der Waals surface area (Å²) in [4.78, 5) is 37.1. The molecule has 0 saturated carbocycles. The number of carbonyl (C=O) groups is 3. The van der Waals surface area contributed by atoms with Gasteiger partial charge in [0.2, 0.25) is 5.91 Å². The van der Waals surface area contributed by atoms with Crippen molar-refractivity contribution in [3.05, 3.63) is 71.8 Å². The lowest BCUT2D eigenvalue weighted by Gasteiger charge is -2.23. The van der Waals surface area contributed by atoms with Crippen LogP contribution >= 0.6 is 0 Å². The van der Waals surface area contributed by atoms with Crippen LogP contribution in [0.25, 0.3) is 11.1 Å². The Hall–Kier alpha value is -3.65. The zero-order chi connectivity index (χ0) is 23.4. The van der Waals surface area contributed by atoms with Gasteiger partial charge in [-0.2, -0.15) is 0 Å². The lowest BCUT2D eigenvalue weighted by Crippen LogP contribution is -2.41. The van der Waals surface area contributed by atoms with E-state index >= 15 is 0 Å². The highest BCUT2D eigenvalue weighted by molar-refractivity contribution is 5.85. The average molecular weight is 450 g/mol. The predicted octanol–water partition coefficient (Wildman–Crippen LogP) is 2.38. The van der Waals surface area contributed by atoms with Crippen molar-refractivity contribution >= 4 is 18.0 Å². The number of carbonyl (C=O) groups excluding carboxylic acids is 2. The van der Waals surface area contributed by atoms with Gasteiger partial charge in [-0.25, -0.2) is 4.79 Å². The van der Waals surface area contributed by atoms with Crippen LogP contribution in [0.5, 0.6) is 0 Å². The largest absolute Gasteiger partial charge is 0.480 e. The third kappa shape index (κ3) is 4.90. The van der Waals surface area contributed by atoms with Crippen LogP contribution in [-0.2, 0) is 14.3 Å². The molecule has 8 nitrogen and oxygen atoms in total. The van der Waals surface area contributed by atoms with E-state index < -0.39 is 30.6 Å². The number of alkyl carbamates (subject to hydrolysis) is 1. The van der Waals surface area contributed by atoms with Crippen molar-refractivity contribution in [2.75, 3.05) is 26.3 Å². The number of nitrogens with one attached hydrogen (secondary N) is 1. The van der Waals surface area contributed by atoms with Crippen molar-refractivity contribution in [3.63, 3.8) is 0 Å². The molecule has 0 heterocycles. The number of carboxylic acid groups (broad SMARTS) is 1. The van der Waals surface area contributed by atoms with Crippen LogP contribution in [-0.4, -0.2) is 65.4 Å². The topological polar surface area (TPSA) is 116 Å². The number of hydrogen-bond acceptors (Lipinski definition) is 5. The maximum atomic E-state index is 12.6. The quantitative estimate of drug-likeness (QED) is 0.532. The molecule has 3 N–H and O–H groups in total. The Bertz CT molecular complexity index is 1040. The molecule has 0 spiro atoms. The highest BCUT2D eigenvalue weighted by Gasteiger charge is 2.32. The van der Waals surface area contributed by atoms with Crippen LogP contribution in [0, 0.1) is 5.92 Å². The third-order valence-corrected chi connectivity index (χ3v) is 6.06. The van der Waals surface area contributed by atoms with Crippen LogP contribution in [0.2, 0.25) is 0 Å². The summed E-state index contributed by atoms with van der Waals surface area (Å²) in [5, 5.41) is 20.8. The molecule has 2 aromatic rings. The molecule has 2 amide bonds. The van der Waals surface area contributed by atoms with E-state index in [4.69, 9.17) is 14.9 Å². The number of ether oxygens (including phenoxy) is 1. The minimum Gasteiger partial charge on any atom is -0.480 e. The van der Waals surface area contributed by atoms with Crippen LogP contribution in [0.15, 0.2) is 60.7 Å². The first-order valence-corrected chi connectivity index (χ1v) is 10.9. The Kier molecular flexibility index (Phi) is 6.74. The van der Waals surface area contributed by atoms with Crippen molar-refractivity contribution in [2.45, 2.75) is 18.4 Å². The van der Waals surface area contributed by atoms with Gasteiger partial charge < -0.3 is 25.2 Å². The van der Waals surface area contributed by atoms with Crippen LogP contribution in [0.1, 0.15) is 23.5 Å². The van der Waals surface area contributed by atoms with Crippen LogP contribution in [0.3, 0.4) is 0 Å². The maximum Gasteiger partial charge on any atom is 0.407 e. The normalized spacial score (nSPS) is 18.5. The number of rotatable bonds is 8. The summed E-state index contributed by atoms with van der Waals surface area (Å²) in [6.45, 7) is -0.660. The second-order valence-corrected chi connectivity index (χ2v) is 8.18. The highest BCUT2D eigenvalue weighted by atomic mass is 16.5. The Morgan fingerprint density at radius 2 is 1.64 bits per heavy atom. The fourth-order valence-corrected chi connectivity index (χ4v) is 4.57. The first-order valence-electron chi connectivity index (χ1n) is 10.9. The highest BCUT2D eigenvalue weighted by Crippen LogP contribution is 2.44. The molecule has 0 radical (unpaired) electrons. The lowest BCUT2D eigenvalue weighted by atomic mass is 9.98. The Morgan fingerprint density at radius 3 is 2.24 bits per heavy atom. The fraction of sp³-hybridized carbons (Fsp3) is 0.320. The molecule has 2 aliphatic rings. The van der Waals surface area contributed by atoms with E-state index in [0.717, 1.165) is 27.2 Å². The molecular formula is C25H26N2O6. The van der Waals surface area contributed by atoms with Gasteiger partial charge in [0.05, 0.1) is 18.6 Å². The van der Waals surface area contributed by atoms with Gasteiger partial charge >= 0.3 is 12.1 Å². The second kappa shape index (κ2) is 9.87. The van der Waals surface area contributed by atoms with E-state index in [0.29, 0.717) is 6.42 Å². The maximum absolute atomic E-state index is 12.6. The van der Waals surface area contributed by atoms with Gasteiger partial charge in [0.1, 0.15) is 13.2 Å². The molecule has 0 aliphatic heterocycles. The van der Waals surface area contributed by atoms with Crippen molar-refractivity contribution in [3.8, 4) is 11.1 Å². The van der Waals surface area contributed by atoms with Gasteiger partial charge in [0.25, 0.3) is 0 Å². The van der Waals surface area contributed by atoms with Gasteiger partial charge in [-0.3, -0.25) is 9.59 Å². The summed E-state index contributed by atoms with van der Waals surface area (Å²) in [6.07, 6.45) is 3.10. The molecular weight excluding hydrogens is 424 g/mol. The van der Waals surface area contributed by atoms with Crippen molar-refractivity contribution in [1.82, 2.24) is 10.2 Å². The Labute approximate surface area is 191 Å². The smallest absolute Gasteiger partial charge is 0.407 e. The molecule has 0 fully saturated rings. The van der Waals surface area contributed by atoms with Gasteiger partial charge in [-0.05, 0) is 28.7 Å². The number of aliphatic carboxylic acids is 1. The summed E-state index contributed by atoms with van der Waals surface area (Å²) >= 11 is 0. The summed E-state index contributed by atoms with van der Waals surface area (Å²) in [5.41, 5.74) is 4.55. The van der Waals surface area contributed by atoms with Crippen molar-refractivity contribution in [1.29, 1.82) is 0 Å². The average Bonchev–Trinajstić information content (AvgIpc) is 3.39. The third-order valence-electron chi connectivity index (χ3n) is 6.06. The monoisotopic (exact) mass is 450 g/mol. The lowest BCUT2D eigenvalue weighted by molar-refractivity contribution is -0.146. The summed E-state index contributed by atoms with van der Waals surface area (Å²) < 4.78 is 5.55. The minimum atomic E-state index is -1.15. The molecule has 8 heteroatoms. The first kappa shape index (κ1) is 22.5. The zero-order valence-corrected chi connectivity index (χ0v) is 18.0. The summed E-state index contributed by atoms with van der Waals surface area (Å²) in [5.74, 6) is -2.14. The standard InChI is InChI=1S/C25H26N2O6/c28-12-11-27(14-23(29)30)24(31)16-9-10-17(13-16)26-25(32)33-15-22-20-7-3-1-5-18(20)19-6-2-4-8-21(19)22/h1-10,16-17,22,28H,11-15H2,(H,26,32)(H,29,30). The number of nitrogens with zero attached hydrogens (tertiary/aromatic N) is 1. The second-order valence-electron chi connectivity index (χ2n) is 8.18. The molecule has 0 saturated heterocycles. The van der Waals surface area contributed by atoms with E-state index in [1.807, 2.05) is 36.4 Å². The SMILES string of the molecule is O=C(O)CN(CCO)C(=O)C1C=CC(NC(=O)OCC2c3ccccc3-c3ccccc32)C1. The predicted molar refractivity (Wildman–Crippen MR) is 121 cm³/mol. The van der Waals surface area contributed by atoms with Gasteiger partial charge in [-0.1, -0.05) is 60.7 Å². The number of carboxylic acids is 1. The number of amides is 2. The Balaban J connectivity index is 1.32. The zero-order valence-electron chi connectivity index (χ0n) is 18.0. The van der Waals surface area contributed by atoms with Gasteiger partial charge in [0.15, 0.2) is 0 Å². The van der Waals surface area contributed by atoms with E-state index in [-0.39, 0.29) is 31.6 Å². The molecule has 0 bridgehead atoms. The van der Waals surface area contributed by atoms with Gasteiger partial charge in [-0.15, -0.1) is 0 Å². The first-order chi connectivity index (χ1) is 16.0.